The molecule has 3 heteroatoms. The smallest absolute Gasteiger partial charge is 0.242 e. The minimum atomic E-state index is -2.12. The second kappa shape index (κ2) is 2.40. The van der Waals surface area contributed by atoms with Gasteiger partial charge < -0.3 is 5.32 Å². The number of rotatable bonds is 1. The normalized spacial score (nSPS) is 29.6. The molecular formula is C5H9F2N. The van der Waals surface area contributed by atoms with Crippen molar-refractivity contribution in [2.24, 2.45) is 5.92 Å². The van der Waals surface area contributed by atoms with Crippen molar-refractivity contribution in [3.05, 3.63) is 0 Å². The molecule has 1 unspecified atom stereocenters. The largest absolute Gasteiger partial charge is 0.316 e. The zero-order valence-corrected chi connectivity index (χ0v) is 4.53. The van der Waals surface area contributed by atoms with Gasteiger partial charge in [-0.15, -0.1) is 0 Å². The van der Waals surface area contributed by atoms with E-state index in [2.05, 4.69) is 5.32 Å². The lowest BCUT2D eigenvalue weighted by Crippen LogP contribution is -2.14. The van der Waals surface area contributed by atoms with E-state index in [-0.39, 0.29) is 5.92 Å². The maximum atomic E-state index is 11.7. The third-order valence-corrected chi connectivity index (χ3v) is 1.45. The van der Waals surface area contributed by atoms with Crippen LogP contribution in [-0.4, -0.2) is 19.5 Å². The topological polar surface area (TPSA) is 12.0 Å². The van der Waals surface area contributed by atoms with Crippen LogP contribution in [0, 0.1) is 5.92 Å². The Bertz CT molecular complexity index is 68.8. The Morgan fingerprint density at radius 3 is 2.50 bits per heavy atom. The third kappa shape index (κ3) is 1.15. The highest BCUT2D eigenvalue weighted by atomic mass is 19.3. The molecule has 0 aliphatic carbocycles. The Morgan fingerprint density at radius 1 is 1.50 bits per heavy atom. The summed E-state index contributed by atoms with van der Waals surface area (Å²) in [5, 5.41) is 2.87. The van der Waals surface area contributed by atoms with E-state index in [1.807, 2.05) is 0 Å². The monoisotopic (exact) mass is 121 g/mol. The lowest BCUT2D eigenvalue weighted by atomic mass is 10.1. The van der Waals surface area contributed by atoms with Crippen molar-refractivity contribution in [3.8, 4) is 0 Å². The summed E-state index contributed by atoms with van der Waals surface area (Å²) in [6, 6.07) is 0. The van der Waals surface area contributed by atoms with Crippen molar-refractivity contribution in [2.75, 3.05) is 13.1 Å². The van der Waals surface area contributed by atoms with Gasteiger partial charge >= 0.3 is 0 Å². The fourth-order valence-corrected chi connectivity index (χ4v) is 0.892. The molecule has 1 fully saturated rings. The molecule has 0 spiro atoms. The Balaban J connectivity index is 2.24. The number of hydrogen-bond acceptors (Lipinski definition) is 1. The molecule has 8 heavy (non-hydrogen) atoms. The molecular weight excluding hydrogens is 112 g/mol. The van der Waals surface area contributed by atoms with Crippen molar-refractivity contribution < 1.29 is 8.78 Å². The summed E-state index contributed by atoms with van der Waals surface area (Å²) >= 11 is 0. The van der Waals surface area contributed by atoms with Gasteiger partial charge in [0, 0.05) is 12.5 Å². The Morgan fingerprint density at radius 2 is 2.25 bits per heavy atom. The van der Waals surface area contributed by atoms with E-state index in [4.69, 9.17) is 0 Å². The molecule has 0 radical (unpaired) electrons. The maximum absolute atomic E-state index is 11.7. The number of alkyl halides is 2. The average Bonchev–Trinajstić information content (AvgIpc) is 2.12. The number of nitrogens with one attached hydrogen (secondary N) is 1. The lowest BCUT2D eigenvalue weighted by molar-refractivity contribution is 0.0872. The van der Waals surface area contributed by atoms with Crippen LogP contribution in [-0.2, 0) is 0 Å². The van der Waals surface area contributed by atoms with Crippen LogP contribution in [0.5, 0.6) is 0 Å². The molecule has 0 aromatic rings. The predicted octanol–water partition coefficient (Wildman–Crippen LogP) is 0.861. The lowest BCUT2D eigenvalue weighted by Gasteiger charge is -2.03. The van der Waals surface area contributed by atoms with E-state index >= 15 is 0 Å². The van der Waals surface area contributed by atoms with E-state index < -0.39 is 6.43 Å². The summed E-state index contributed by atoms with van der Waals surface area (Å²) in [6.45, 7) is 1.26. The van der Waals surface area contributed by atoms with Gasteiger partial charge in [0.1, 0.15) is 0 Å². The molecule has 0 saturated carbocycles. The zero-order valence-electron chi connectivity index (χ0n) is 4.53. The second-order valence-corrected chi connectivity index (χ2v) is 2.09. The fraction of sp³-hybridized carbons (Fsp3) is 1.00. The maximum Gasteiger partial charge on any atom is 0.242 e. The van der Waals surface area contributed by atoms with E-state index in [1.54, 1.807) is 0 Å². The predicted molar refractivity (Wildman–Crippen MR) is 27.0 cm³/mol. The van der Waals surface area contributed by atoms with Crippen molar-refractivity contribution in [3.63, 3.8) is 0 Å². The molecule has 1 atom stereocenters. The minimum absolute atomic E-state index is 0.380. The first-order valence-electron chi connectivity index (χ1n) is 2.79. The molecule has 1 nitrogen and oxygen atoms in total. The minimum Gasteiger partial charge on any atom is -0.316 e. The van der Waals surface area contributed by atoms with E-state index in [9.17, 15) is 8.78 Å². The zero-order chi connectivity index (χ0) is 5.98. The molecule has 1 saturated heterocycles. The van der Waals surface area contributed by atoms with Gasteiger partial charge in [-0.05, 0) is 13.0 Å². The molecule has 0 amide bonds. The standard InChI is InChI=1S/C5H9F2N/c6-5(7)4-1-2-8-3-4/h4-5,8H,1-3H2. The van der Waals surface area contributed by atoms with Gasteiger partial charge in [-0.25, -0.2) is 8.78 Å². The average molecular weight is 121 g/mol. The van der Waals surface area contributed by atoms with Gasteiger partial charge in [-0.2, -0.15) is 0 Å². The summed E-state index contributed by atoms with van der Waals surface area (Å²) in [4.78, 5) is 0. The highest BCUT2D eigenvalue weighted by Gasteiger charge is 2.23. The van der Waals surface area contributed by atoms with Crippen LogP contribution >= 0.6 is 0 Å². The van der Waals surface area contributed by atoms with Crippen molar-refractivity contribution in [2.45, 2.75) is 12.8 Å². The van der Waals surface area contributed by atoms with Crippen molar-refractivity contribution in [1.29, 1.82) is 0 Å². The van der Waals surface area contributed by atoms with Gasteiger partial charge in [0.2, 0.25) is 6.43 Å². The van der Waals surface area contributed by atoms with Crippen LogP contribution in [0.2, 0.25) is 0 Å². The van der Waals surface area contributed by atoms with Crippen LogP contribution in [0.3, 0.4) is 0 Å². The van der Waals surface area contributed by atoms with Gasteiger partial charge in [0.15, 0.2) is 0 Å². The van der Waals surface area contributed by atoms with E-state index in [0.29, 0.717) is 13.0 Å². The van der Waals surface area contributed by atoms with Gasteiger partial charge in [-0.3, -0.25) is 0 Å². The highest BCUT2D eigenvalue weighted by Crippen LogP contribution is 2.15. The Labute approximate surface area is 47.1 Å². The van der Waals surface area contributed by atoms with Crippen LogP contribution in [0.4, 0.5) is 8.78 Å². The van der Waals surface area contributed by atoms with Crippen LogP contribution < -0.4 is 5.32 Å². The third-order valence-electron chi connectivity index (χ3n) is 1.45. The molecule has 1 heterocycles. The van der Waals surface area contributed by atoms with Crippen LogP contribution in [0.25, 0.3) is 0 Å². The Hall–Kier alpha value is -0.180. The molecule has 0 aromatic carbocycles. The highest BCUT2D eigenvalue weighted by molar-refractivity contribution is 4.72. The quantitative estimate of drug-likeness (QED) is 0.542. The van der Waals surface area contributed by atoms with E-state index in [1.165, 1.54) is 0 Å². The number of hydrogen-bond donors (Lipinski definition) is 1. The van der Waals surface area contributed by atoms with Gasteiger partial charge in [0.05, 0.1) is 0 Å². The van der Waals surface area contributed by atoms with Crippen LogP contribution in [0.1, 0.15) is 6.42 Å². The Kier molecular flexibility index (Phi) is 1.78. The van der Waals surface area contributed by atoms with Crippen molar-refractivity contribution in [1.82, 2.24) is 5.32 Å². The molecule has 1 N–H and O–H groups in total. The summed E-state index contributed by atoms with van der Waals surface area (Å²) in [5.41, 5.74) is 0. The first-order valence-corrected chi connectivity index (χ1v) is 2.79. The first-order chi connectivity index (χ1) is 3.80. The summed E-state index contributed by atoms with van der Waals surface area (Å²) in [6.07, 6.45) is -1.48. The molecule has 0 aromatic heterocycles. The fourth-order valence-electron chi connectivity index (χ4n) is 0.892. The summed E-state index contributed by atoms with van der Waals surface area (Å²) < 4.78 is 23.4. The first kappa shape index (κ1) is 5.95. The van der Waals surface area contributed by atoms with Gasteiger partial charge in [-0.1, -0.05) is 0 Å². The van der Waals surface area contributed by atoms with Gasteiger partial charge in [0.25, 0.3) is 0 Å². The number of halogens is 2. The molecule has 0 bridgehead atoms. The SMILES string of the molecule is FC(F)C1CCNC1. The molecule has 1 aliphatic rings. The summed E-state index contributed by atoms with van der Waals surface area (Å²) in [7, 11) is 0. The van der Waals surface area contributed by atoms with Crippen molar-refractivity contribution >= 4 is 0 Å². The summed E-state index contributed by atoms with van der Waals surface area (Å²) in [5.74, 6) is -0.380. The van der Waals surface area contributed by atoms with E-state index in [0.717, 1.165) is 6.54 Å². The second-order valence-electron chi connectivity index (χ2n) is 2.09. The van der Waals surface area contributed by atoms with Crippen LogP contribution in [0.15, 0.2) is 0 Å². The molecule has 1 rings (SSSR count). The molecule has 1 aliphatic heterocycles. The molecule has 48 valence electrons.